The average molecular weight is 344 g/mol. The highest BCUT2D eigenvalue weighted by Gasteiger charge is 2.07. The molecule has 0 unspecified atom stereocenters. The Hall–Kier alpha value is -2.83. The summed E-state index contributed by atoms with van der Waals surface area (Å²) in [7, 11) is 5.19. The molecule has 2 aromatic rings. The summed E-state index contributed by atoms with van der Waals surface area (Å²) in [5.74, 6) is 0.486. The van der Waals surface area contributed by atoms with Gasteiger partial charge in [0.25, 0.3) is 0 Å². The van der Waals surface area contributed by atoms with Crippen molar-refractivity contribution in [1.82, 2.24) is 20.0 Å². The lowest BCUT2D eigenvalue weighted by Gasteiger charge is -2.11. The Morgan fingerprint density at radius 1 is 1.20 bits per heavy atom. The molecule has 0 atom stereocenters. The van der Waals surface area contributed by atoms with E-state index >= 15 is 0 Å². The molecule has 2 amide bonds. The van der Waals surface area contributed by atoms with Crippen LogP contribution < -0.4 is 10.1 Å². The van der Waals surface area contributed by atoms with E-state index in [1.54, 1.807) is 18.8 Å². The normalized spacial score (nSPS) is 10.4. The van der Waals surface area contributed by atoms with Crippen LogP contribution in [0.2, 0.25) is 0 Å². The molecular formula is C18H24N4O3. The second kappa shape index (κ2) is 8.86. The zero-order valence-corrected chi connectivity index (χ0v) is 14.9. The lowest BCUT2D eigenvalue weighted by atomic mass is 10.1. The molecule has 2 rings (SSSR count). The van der Waals surface area contributed by atoms with Gasteiger partial charge >= 0.3 is 0 Å². The maximum atomic E-state index is 11.6. The van der Waals surface area contributed by atoms with Crippen molar-refractivity contribution in [1.29, 1.82) is 0 Å². The molecule has 7 heteroatoms. The van der Waals surface area contributed by atoms with Crippen molar-refractivity contribution in [3.05, 3.63) is 36.7 Å². The molecule has 0 aliphatic carbocycles. The number of likely N-dealkylation sites (N-methyl/N-ethyl adjacent to an activating group) is 1. The first-order chi connectivity index (χ1) is 12.0. The van der Waals surface area contributed by atoms with Gasteiger partial charge in [0, 0.05) is 39.3 Å². The quantitative estimate of drug-likeness (QED) is 0.736. The molecule has 1 aromatic heterocycles. The smallest absolute Gasteiger partial charge is 0.241 e. The summed E-state index contributed by atoms with van der Waals surface area (Å²) in [6.45, 7) is 0.476. The Kier molecular flexibility index (Phi) is 6.56. The number of nitrogens with zero attached hydrogens (tertiary/aromatic N) is 3. The van der Waals surface area contributed by atoms with Crippen molar-refractivity contribution < 1.29 is 14.3 Å². The third-order valence-corrected chi connectivity index (χ3v) is 3.65. The van der Waals surface area contributed by atoms with Crippen LogP contribution in [0.4, 0.5) is 0 Å². The first kappa shape index (κ1) is 18.5. The summed E-state index contributed by atoms with van der Waals surface area (Å²) in [5.41, 5.74) is 2.13. The summed E-state index contributed by atoms with van der Waals surface area (Å²) in [6.07, 6.45) is 4.69. The topological polar surface area (TPSA) is 76.5 Å². The van der Waals surface area contributed by atoms with Gasteiger partial charge in [0.15, 0.2) is 0 Å². The molecular weight excluding hydrogens is 320 g/mol. The van der Waals surface area contributed by atoms with E-state index in [9.17, 15) is 9.59 Å². The highest BCUT2D eigenvalue weighted by Crippen LogP contribution is 2.21. The monoisotopic (exact) mass is 344 g/mol. The summed E-state index contributed by atoms with van der Waals surface area (Å²) < 4.78 is 7.40. The summed E-state index contributed by atoms with van der Waals surface area (Å²) in [6, 6.07) is 7.76. The fraction of sp³-hybridized carbons (Fsp3) is 0.389. The van der Waals surface area contributed by atoms with Crippen LogP contribution in [0.15, 0.2) is 36.7 Å². The number of nitrogens with one attached hydrogen (secondary N) is 1. The van der Waals surface area contributed by atoms with Crippen LogP contribution in [-0.2, 0) is 16.6 Å². The van der Waals surface area contributed by atoms with E-state index in [0.29, 0.717) is 19.4 Å². The molecule has 0 saturated heterocycles. The molecule has 1 N–H and O–H groups in total. The maximum Gasteiger partial charge on any atom is 0.241 e. The van der Waals surface area contributed by atoms with E-state index in [4.69, 9.17) is 4.74 Å². The number of carbonyl (C=O) groups excluding carboxylic acids is 2. The highest BCUT2D eigenvalue weighted by atomic mass is 16.5. The fourth-order valence-corrected chi connectivity index (χ4v) is 2.16. The minimum absolute atomic E-state index is 0.0303. The molecule has 0 fully saturated rings. The summed E-state index contributed by atoms with van der Waals surface area (Å²) in [5, 5.41) is 6.75. The van der Waals surface area contributed by atoms with Gasteiger partial charge in [0.1, 0.15) is 5.75 Å². The zero-order valence-electron chi connectivity index (χ0n) is 14.9. The predicted octanol–water partition coefficient (Wildman–Crippen LogP) is 1.45. The number of rotatable bonds is 8. The molecule has 0 bridgehead atoms. The molecule has 1 aromatic carbocycles. The minimum Gasteiger partial charge on any atom is -0.494 e. The van der Waals surface area contributed by atoms with E-state index < -0.39 is 0 Å². The molecule has 0 spiro atoms. The third-order valence-electron chi connectivity index (χ3n) is 3.65. The van der Waals surface area contributed by atoms with Crippen LogP contribution in [0.25, 0.3) is 11.1 Å². The van der Waals surface area contributed by atoms with Gasteiger partial charge in [0.05, 0.1) is 19.3 Å². The van der Waals surface area contributed by atoms with Crippen molar-refractivity contribution in [2.75, 3.05) is 27.2 Å². The van der Waals surface area contributed by atoms with Gasteiger partial charge in [-0.15, -0.1) is 0 Å². The van der Waals surface area contributed by atoms with Crippen LogP contribution in [0.3, 0.4) is 0 Å². The number of benzene rings is 1. The average Bonchev–Trinajstić information content (AvgIpc) is 3.03. The zero-order chi connectivity index (χ0) is 18.2. The summed E-state index contributed by atoms with van der Waals surface area (Å²) >= 11 is 0. The largest absolute Gasteiger partial charge is 0.494 e. The van der Waals surface area contributed by atoms with Crippen LogP contribution >= 0.6 is 0 Å². The molecule has 134 valence electrons. The van der Waals surface area contributed by atoms with Gasteiger partial charge in [-0.05, 0) is 24.1 Å². The summed E-state index contributed by atoms with van der Waals surface area (Å²) in [4.78, 5) is 24.5. The molecule has 0 aliphatic heterocycles. The predicted molar refractivity (Wildman–Crippen MR) is 95.1 cm³/mol. The molecule has 7 nitrogen and oxygen atoms in total. The van der Waals surface area contributed by atoms with Crippen LogP contribution in [0.5, 0.6) is 5.75 Å². The van der Waals surface area contributed by atoms with Gasteiger partial charge in [-0.2, -0.15) is 5.10 Å². The first-order valence-corrected chi connectivity index (χ1v) is 8.14. The van der Waals surface area contributed by atoms with Gasteiger partial charge in [-0.3, -0.25) is 14.3 Å². The SMILES string of the molecule is CN(C)C(=O)CNC(=O)CCCOc1ccc(-c2cnn(C)c2)cc1. The number of carbonyl (C=O) groups is 2. The van der Waals surface area contributed by atoms with Gasteiger partial charge in [-0.1, -0.05) is 12.1 Å². The third kappa shape index (κ3) is 5.95. The van der Waals surface area contributed by atoms with E-state index in [1.165, 1.54) is 4.90 Å². The molecule has 0 saturated carbocycles. The van der Waals surface area contributed by atoms with Gasteiger partial charge < -0.3 is 15.0 Å². The molecule has 0 aliphatic rings. The van der Waals surface area contributed by atoms with Gasteiger partial charge in [0.2, 0.25) is 11.8 Å². The lowest BCUT2D eigenvalue weighted by Crippen LogP contribution is -2.36. The lowest BCUT2D eigenvalue weighted by molar-refractivity contribution is -0.130. The minimum atomic E-state index is -0.147. The number of amides is 2. The van der Waals surface area contributed by atoms with Crippen LogP contribution in [-0.4, -0.2) is 53.7 Å². The van der Waals surface area contributed by atoms with Gasteiger partial charge in [-0.25, -0.2) is 0 Å². The van der Waals surface area contributed by atoms with Crippen molar-refractivity contribution in [3.63, 3.8) is 0 Å². The Bertz CT molecular complexity index is 707. The number of aryl methyl sites for hydroxylation is 1. The molecule has 25 heavy (non-hydrogen) atoms. The van der Waals surface area contributed by atoms with Crippen LogP contribution in [0, 0.1) is 0 Å². The Morgan fingerprint density at radius 3 is 2.52 bits per heavy atom. The maximum absolute atomic E-state index is 11.6. The van der Waals surface area contributed by atoms with E-state index in [0.717, 1.165) is 16.9 Å². The second-order valence-corrected chi connectivity index (χ2v) is 5.94. The second-order valence-electron chi connectivity index (χ2n) is 5.94. The number of ether oxygens (including phenoxy) is 1. The molecule has 0 radical (unpaired) electrons. The Balaban J connectivity index is 1.68. The van der Waals surface area contributed by atoms with E-state index in [2.05, 4.69) is 10.4 Å². The molecule has 1 heterocycles. The number of hydrogen-bond donors (Lipinski definition) is 1. The number of hydrogen-bond acceptors (Lipinski definition) is 4. The van der Waals surface area contributed by atoms with Crippen molar-refractivity contribution in [2.24, 2.45) is 7.05 Å². The number of aromatic nitrogens is 2. The van der Waals surface area contributed by atoms with Crippen molar-refractivity contribution >= 4 is 11.8 Å². The first-order valence-electron chi connectivity index (χ1n) is 8.14. The Labute approximate surface area is 147 Å². The standard InChI is InChI=1S/C18H24N4O3/c1-21(2)18(24)12-19-17(23)5-4-10-25-16-8-6-14(7-9-16)15-11-20-22(3)13-15/h6-9,11,13H,4-5,10,12H2,1-3H3,(H,19,23). The Morgan fingerprint density at radius 2 is 1.92 bits per heavy atom. The van der Waals surface area contributed by atoms with Crippen LogP contribution in [0.1, 0.15) is 12.8 Å². The van der Waals surface area contributed by atoms with E-state index in [1.807, 2.05) is 43.7 Å². The van der Waals surface area contributed by atoms with E-state index in [-0.39, 0.29) is 18.4 Å². The van der Waals surface area contributed by atoms with Crippen molar-refractivity contribution in [2.45, 2.75) is 12.8 Å². The fourth-order valence-electron chi connectivity index (χ4n) is 2.16. The highest BCUT2D eigenvalue weighted by molar-refractivity contribution is 5.84. The van der Waals surface area contributed by atoms with Crippen molar-refractivity contribution in [3.8, 4) is 16.9 Å².